The molecule has 10 heavy (non-hydrogen) atoms. The van der Waals surface area contributed by atoms with E-state index in [0.717, 1.165) is 6.61 Å². The third-order valence-corrected chi connectivity index (χ3v) is 1.91. The summed E-state index contributed by atoms with van der Waals surface area (Å²) in [6.45, 7) is 0.856. The smallest absolute Gasteiger partial charge is 0.125 e. The van der Waals surface area contributed by atoms with Crippen LogP contribution in [-0.4, -0.2) is 12.3 Å². The topological polar surface area (TPSA) is 21.6 Å². The van der Waals surface area contributed by atoms with Crippen molar-refractivity contribution in [2.24, 2.45) is 11.1 Å². The Morgan fingerprint density at radius 3 is 3.00 bits per heavy atom. The van der Waals surface area contributed by atoms with E-state index in [1.807, 2.05) is 0 Å². The van der Waals surface area contributed by atoms with Crippen LogP contribution in [0.3, 0.4) is 0 Å². The predicted octanol–water partition coefficient (Wildman–Crippen LogP) is 1.42. The second-order valence-electron chi connectivity index (χ2n) is 2.47. The van der Waals surface area contributed by atoms with E-state index in [4.69, 9.17) is 4.84 Å². The Labute approximate surface area is 61.3 Å². The molecular formula is C8H11NO. The molecule has 0 aromatic heterocycles. The first kappa shape index (κ1) is 7.14. The highest BCUT2D eigenvalue weighted by Crippen LogP contribution is 2.26. The molecule has 0 N–H and O–H groups in total. The number of rotatable bonds is 0. The Balaban J connectivity index is 0.000000231. The quantitative estimate of drug-likeness (QED) is 0.463. The van der Waals surface area contributed by atoms with Gasteiger partial charge in [0.2, 0.25) is 0 Å². The van der Waals surface area contributed by atoms with Crippen molar-refractivity contribution in [2.75, 3.05) is 6.61 Å². The summed E-state index contributed by atoms with van der Waals surface area (Å²) in [6.07, 6.45) is 11.8. The van der Waals surface area contributed by atoms with Crippen molar-refractivity contribution in [2.45, 2.75) is 19.3 Å². The van der Waals surface area contributed by atoms with Crippen molar-refractivity contribution >= 4 is 5.71 Å². The molecule has 1 unspecified atom stereocenters. The molecule has 0 aromatic carbocycles. The summed E-state index contributed by atoms with van der Waals surface area (Å²) in [4.78, 5) is 4.90. The van der Waals surface area contributed by atoms with E-state index in [2.05, 4.69) is 18.0 Å². The van der Waals surface area contributed by atoms with Crippen LogP contribution in [0.2, 0.25) is 0 Å². The second kappa shape index (κ2) is 3.26. The molecule has 2 aliphatic rings. The molecule has 0 radical (unpaired) electrons. The van der Waals surface area contributed by atoms with E-state index in [-0.39, 0.29) is 0 Å². The number of nitrogens with zero attached hydrogens (tertiary/aromatic N) is 1. The highest BCUT2D eigenvalue weighted by molar-refractivity contribution is 5.89. The van der Waals surface area contributed by atoms with Crippen molar-refractivity contribution in [3.05, 3.63) is 0 Å². The third-order valence-electron chi connectivity index (χ3n) is 1.91. The van der Waals surface area contributed by atoms with E-state index >= 15 is 0 Å². The summed E-state index contributed by atoms with van der Waals surface area (Å²) >= 11 is 0. The number of hydrogen-bond donors (Lipinski definition) is 0. The maximum atomic E-state index is 4.90. The van der Waals surface area contributed by atoms with Gasteiger partial charge in [0.1, 0.15) is 6.61 Å². The predicted molar refractivity (Wildman–Crippen MR) is 40.6 cm³/mol. The highest BCUT2D eigenvalue weighted by atomic mass is 16.6. The van der Waals surface area contributed by atoms with Gasteiger partial charge >= 0.3 is 0 Å². The lowest BCUT2D eigenvalue weighted by Gasteiger charge is -1.93. The molecule has 1 saturated carbocycles. The van der Waals surface area contributed by atoms with E-state index in [1.54, 1.807) is 0 Å². The van der Waals surface area contributed by atoms with E-state index in [9.17, 15) is 0 Å². The van der Waals surface area contributed by atoms with Crippen LogP contribution < -0.4 is 0 Å². The largest absolute Gasteiger partial charge is 0.395 e. The van der Waals surface area contributed by atoms with Gasteiger partial charge in [0, 0.05) is 5.92 Å². The van der Waals surface area contributed by atoms with Gasteiger partial charge in [-0.2, -0.15) is 0 Å². The van der Waals surface area contributed by atoms with Crippen LogP contribution in [0.15, 0.2) is 5.16 Å². The lowest BCUT2D eigenvalue weighted by atomic mass is 10.1. The van der Waals surface area contributed by atoms with Crippen LogP contribution >= 0.6 is 0 Å². The van der Waals surface area contributed by atoms with Crippen LogP contribution in [-0.2, 0) is 4.84 Å². The molecular weight excluding hydrogens is 126 g/mol. The first-order chi connectivity index (χ1) is 4.97. The Morgan fingerprint density at radius 1 is 1.50 bits per heavy atom. The molecule has 0 spiro atoms. The molecule has 1 heterocycles. The fraction of sp³-hybridized carbons (Fsp3) is 0.625. The summed E-state index contributed by atoms with van der Waals surface area (Å²) in [5.41, 5.74) is 1.31. The minimum atomic E-state index is 0.704. The van der Waals surface area contributed by atoms with Crippen molar-refractivity contribution in [1.82, 2.24) is 0 Å². The molecule has 0 bridgehead atoms. The third kappa shape index (κ3) is 1.13. The molecule has 2 heteroatoms. The van der Waals surface area contributed by atoms with Crippen molar-refractivity contribution in [1.29, 1.82) is 0 Å². The molecule has 0 amide bonds. The van der Waals surface area contributed by atoms with E-state index in [0.29, 0.717) is 5.92 Å². The summed E-state index contributed by atoms with van der Waals surface area (Å²) in [6, 6.07) is 0. The highest BCUT2D eigenvalue weighted by Gasteiger charge is 2.27. The van der Waals surface area contributed by atoms with Gasteiger partial charge in [0.15, 0.2) is 0 Å². The van der Waals surface area contributed by atoms with Gasteiger partial charge in [-0.1, -0.05) is 5.16 Å². The monoisotopic (exact) mass is 137 g/mol. The number of fused-ring (bicyclic) bond motifs is 1. The number of oxime groups is 1. The number of hydrogen-bond acceptors (Lipinski definition) is 2. The zero-order chi connectivity index (χ0) is 7.40. The number of terminal acetylenes is 1. The average Bonchev–Trinajstić information content (AvgIpc) is 2.49. The lowest BCUT2D eigenvalue weighted by molar-refractivity contribution is 0.152. The Hall–Kier alpha value is -0.970. The zero-order valence-electron chi connectivity index (χ0n) is 5.92. The summed E-state index contributed by atoms with van der Waals surface area (Å²) in [5.74, 6) is 0.704. The van der Waals surface area contributed by atoms with Crippen LogP contribution in [0, 0.1) is 18.8 Å². The van der Waals surface area contributed by atoms with Gasteiger partial charge in [-0.3, -0.25) is 0 Å². The zero-order valence-corrected chi connectivity index (χ0v) is 5.92. The molecule has 1 aliphatic carbocycles. The van der Waals surface area contributed by atoms with Gasteiger partial charge in [-0.15, -0.1) is 12.8 Å². The lowest BCUT2D eigenvalue weighted by Crippen LogP contribution is -2.03. The Bertz CT molecular complexity index is 160. The maximum absolute atomic E-state index is 4.90. The van der Waals surface area contributed by atoms with Crippen molar-refractivity contribution in [3.8, 4) is 12.8 Å². The second-order valence-corrected chi connectivity index (χ2v) is 2.47. The summed E-state index contributed by atoms with van der Waals surface area (Å²) in [5, 5.41) is 3.91. The first-order valence-corrected chi connectivity index (χ1v) is 3.49. The SMILES string of the molecule is C#C.C1CC2=NOCC2C1. The van der Waals surface area contributed by atoms with Crippen molar-refractivity contribution < 1.29 is 4.84 Å². The Morgan fingerprint density at radius 2 is 2.30 bits per heavy atom. The molecule has 54 valence electrons. The van der Waals surface area contributed by atoms with Gasteiger partial charge in [-0.05, 0) is 19.3 Å². The standard InChI is InChI=1S/C6H9NO.C2H2/c1-2-5-4-8-7-6(5)3-1;1-2/h5H,1-4H2;1-2H. The first-order valence-electron chi connectivity index (χ1n) is 3.49. The molecule has 1 atom stereocenters. The molecule has 1 fully saturated rings. The van der Waals surface area contributed by atoms with Gasteiger partial charge in [0.05, 0.1) is 5.71 Å². The fourth-order valence-electron chi connectivity index (χ4n) is 1.41. The van der Waals surface area contributed by atoms with Crippen molar-refractivity contribution in [3.63, 3.8) is 0 Å². The minimum Gasteiger partial charge on any atom is -0.395 e. The van der Waals surface area contributed by atoms with Crippen LogP contribution in [0.5, 0.6) is 0 Å². The van der Waals surface area contributed by atoms with E-state index in [1.165, 1.54) is 25.0 Å². The fourth-order valence-corrected chi connectivity index (χ4v) is 1.41. The molecule has 2 nitrogen and oxygen atoms in total. The van der Waals surface area contributed by atoms with Gasteiger partial charge in [-0.25, -0.2) is 0 Å². The minimum absolute atomic E-state index is 0.704. The van der Waals surface area contributed by atoms with Crippen LogP contribution in [0.25, 0.3) is 0 Å². The molecule has 1 aliphatic heterocycles. The van der Waals surface area contributed by atoms with Crippen LogP contribution in [0.4, 0.5) is 0 Å². The normalized spacial score (nSPS) is 27.4. The van der Waals surface area contributed by atoms with E-state index < -0.39 is 0 Å². The molecule has 0 saturated heterocycles. The molecule has 0 aromatic rings. The Kier molecular flexibility index (Phi) is 2.33. The molecule has 2 rings (SSSR count). The van der Waals surface area contributed by atoms with Crippen LogP contribution in [0.1, 0.15) is 19.3 Å². The van der Waals surface area contributed by atoms with Gasteiger partial charge in [0.25, 0.3) is 0 Å². The average molecular weight is 137 g/mol. The maximum Gasteiger partial charge on any atom is 0.125 e. The summed E-state index contributed by atoms with van der Waals surface area (Å²) < 4.78 is 0. The van der Waals surface area contributed by atoms with Gasteiger partial charge < -0.3 is 4.84 Å². The summed E-state index contributed by atoms with van der Waals surface area (Å²) in [7, 11) is 0.